The summed E-state index contributed by atoms with van der Waals surface area (Å²) in [4.78, 5) is 14.9. The van der Waals surface area contributed by atoms with E-state index in [-0.39, 0.29) is 22.4 Å². The minimum atomic E-state index is -3.49. The summed E-state index contributed by atoms with van der Waals surface area (Å²) in [6.07, 6.45) is 0.420. The number of ether oxygens (including phenoxy) is 1. The number of hydrogen-bond donors (Lipinski definition) is 3. The Morgan fingerprint density at radius 1 is 1.23 bits per heavy atom. The molecule has 188 valence electrons. The molecule has 2 aromatic rings. The normalized spacial score (nSPS) is 17.8. The Morgan fingerprint density at radius 2 is 1.94 bits per heavy atom. The molecule has 0 unspecified atom stereocenters. The monoisotopic (exact) mass is 538 g/mol. The number of methoxy groups -OCH3 is 1. The summed E-state index contributed by atoms with van der Waals surface area (Å²) >= 11 is 12.7. The fourth-order valence-electron chi connectivity index (χ4n) is 4.13. The SMILES string of the molecule is CN/C(=C1/CCN(C(=O)c2cccc(OC)c2Cl)[C@@H](C)C1=N)c1cc(Cl)cc(CS(=O)(=O)NC)c1. The van der Waals surface area contributed by atoms with Crippen molar-refractivity contribution in [2.45, 2.75) is 25.1 Å². The van der Waals surface area contributed by atoms with Gasteiger partial charge in [-0.05, 0) is 61.9 Å². The summed E-state index contributed by atoms with van der Waals surface area (Å²) in [6, 6.07) is 9.58. The number of carbonyl (C=O) groups excluding carboxylic acids is 1. The van der Waals surface area contributed by atoms with Crippen LogP contribution in [0.4, 0.5) is 0 Å². The number of benzene rings is 2. The first-order chi connectivity index (χ1) is 16.5. The van der Waals surface area contributed by atoms with Gasteiger partial charge in [0.05, 0.1) is 35.2 Å². The summed E-state index contributed by atoms with van der Waals surface area (Å²) < 4.78 is 31.6. The Bertz CT molecular complexity index is 1290. The topological polar surface area (TPSA) is 112 Å². The Hall–Kier alpha value is -2.59. The lowest BCUT2D eigenvalue weighted by atomic mass is 9.90. The second-order valence-electron chi connectivity index (χ2n) is 8.07. The largest absolute Gasteiger partial charge is 0.495 e. The zero-order chi connectivity index (χ0) is 25.9. The molecule has 2 aromatic carbocycles. The summed E-state index contributed by atoms with van der Waals surface area (Å²) in [5.74, 6) is -0.0910. The molecule has 0 aromatic heterocycles. The number of hydrogen-bond acceptors (Lipinski definition) is 6. The van der Waals surface area contributed by atoms with Gasteiger partial charge >= 0.3 is 0 Å². The molecule has 0 spiro atoms. The zero-order valence-corrected chi connectivity index (χ0v) is 22.2. The molecule has 0 radical (unpaired) electrons. The van der Waals surface area contributed by atoms with E-state index in [4.69, 9.17) is 33.3 Å². The minimum absolute atomic E-state index is 0.221. The Labute approximate surface area is 215 Å². The highest BCUT2D eigenvalue weighted by Crippen LogP contribution is 2.32. The fourth-order valence-corrected chi connectivity index (χ4v) is 5.42. The van der Waals surface area contributed by atoms with Crippen LogP contribution < -0.4 is 14.8 Å². The molecule has 1 fully saturated rings. The van der Waals surface area contributed by atoms with Crippen LogP contribution in [0.1, 0.15) is 34.8 Å². The molecule has 1 aliphatic rings. The average Bonchev–Trinajstić information content (AvgIpc) is 2.81. The number of rotatable bonds is 7. The molecule has 0 bridgehead atoms. The third kappa shape index (κ3) is 5.81. The highest BCUT2D eigenvalue weighted by Gasteiger charge is 2.33. The first-order valence-corrected chi connectivity index (χ1v) is 13.3. The van der Waals surface area contributed by atoms with Gasteiger partial charge in [-0.25, -0.2) is 13.1 Å². The predicted molar refractivity (Wildman–Crippen MR) is 140 cm³/mol. The van der Waals surface area contributed by atoms with E-state index in [1.165, 1.54) is 14.2 Å². The molecule has 3 rings (SSSR count). The van der Waals surface area contributed by atoms with Crippen LogP contribution in [0.15, 0.2) is 42.0 Å². The van der Waals surface area contributed by atoms with Crippen LogP contribution in [0.2, 0.25) is 10.0 Å². The molecular weight excluding hydrogens is 511 g/mol. The van der Waals surface area contributed by atoms with E-state index in [1.54, 1.807) is 55.3 Å². The van der Waals surface area contributed by atoms with E-state index in [9.17, 15) is 13.2 Å². The van der Waals surface area contributed by atoms with Gasteiger partial charge in [0.15, 0.2) is 0 Å². The molecule has 1 heterocycles. The Morgan fingerprint density at radius 3 is 2.57 bits per heavy atom. The van der Waals surface area contributed by atoms with Crippen molar-refractivity contribution in [3.63, 3.8) is 0 Å². The lowest BCUT2D eigenvalue weighted by molar-refractivity contribution is 0.0728. The molecule has 1 amide bonds. The van der Waals surface area contributed by atoms with Crippen molar-refractivity contribution in [2.75, 3.05) is 27.7 Å². The van der Waals surface area contributed by atoms with Crippen LogP contribution in [0.5, 0.6) is 5.75 Å². The first-order valence-electron chi connectivity index (χ1n) is 10.9. The highest BCUT2D eigenvalue weighted by atomic mass is 35.5. The van der Waals surface area contributed by atoms with Crippen molar-refractivity contribution in [2.24, 2.45) is 0 Å². The number of sulfonamides is 1. The number of amides is 1. The number of carbonyl (C=O) groups is 1. The third-order valence-electron chi connectivity index (χ3n) is 5.95. The van der Waals surface area contributed by atoms with Crippen LogP contribution in [-0.4, -0.2) is 58.7 Å². The molecule has 35 heavy (non-hydrogen) atoms. The zero-order valence-electron chi connectivity index (χ0n) is 19.9. The van der Waals surface area contributed by atoms with Crippen molar-refractivity contribution in [3.05, 3.63) is 68.7 Å². The standard InChI is InChI=1S/C24H28Cl2N4O4S/c1-14-22(27)19(8-9-30(14)24(31)18-6-5-7-20(34-4)21(18)26)23(28-2)16-10-15(11-17(25)12-16)13-35(32,33)29-3/h5-7,10-12,14,27-29H,8-9,13H2,1-4H3/b23-19-,27-22?/t14-/m0/s1. The van der Waals surface area contributed by atoms with E-state index >= 15 is 0 Å². The lowest BCUT2D eigenvalue weighted by Gasteiger charge is -2.36. The molecule has 8 nitrogen and oxygen atoms in total. The molecular formula is C24H28Cl2N4O4S. The summed E-state index contributed by atoms with van der Waals surface area (Å²) in [6.45, 7) is 2.17. The van der Waals surface area contributed by atoms with Gasteiger partial charge in [0.2, 0.25) is 10.0 Å². The maximum atomic E-state index is 13.3. The van der Waals surface area contributed by atoms with Gasteiger partial charge in [-0.3, -0.25) is 4.79 Å². The predicted octanol–water partition coefficient (Wildman–Crippen LogP) is 3.94. The summed E-state index contributed by atoms with van der Waals surface area (Å²) in [7, 11) is 1.09. The molecule has 0 saturated carbocycles. The second-order valence-corrected chi connectivity index (χ2v) is 10.8. The van der Waals surface area contributed by atoms with Gasteiger partial charge in [-0.1, -0.05) is 29.3 Å². The molecule has 11 heteroatoms. The molecule has 0 aliphatic carbocycles. The fraction of sp³-hybridized carbons (Fsp3) is 0.333. The summed E-state index contributed by atoms with van der Waals surface area (Å²) in [5, 5.41) is 12.6. The van der Waals surface area contributed by atoms with Crippen molar-refractivity contribution >= 4 is 50.5 Å². The van der Waals surface area contributed by atoms with Gasteiger partial charge in [-0.15, -0.1) is 0 Å². The van der Waals surface area contributed by atoms with Crippen LogP contribution in [-0.2, 0) is 15.8 Å². The first kappa shape index (κ1) is 27.0. The molecule has 1 saturated heterocycles. The van der Waals surface area contributed by atoms with Crippen molar-refractivity contribution in [3.8, 4) is 5.75 Å². The quantitative estimate of drug-likeness (QED) is 0.494. The van der Waals surface area contributed by atoms with Crippen LogP contribution in [0.25, 0.3) is 5.70 Å². The number of likely N-dealkylation sites (tertiary alicyclic amines) is 1. The van der Waals surface area contributed by atoms with Gasteiger partial charge in [0.1, 0.15) is 5.75 Å². The van der Waals surface area contributed by atoms with Crippen molar-refractivity contribution < 1.29 is 17.9 Å². The minimum Gasteiger partial charge on any atom is -0.495 e. The summed E-state index contributed by atoms with van der Waals surface area (Å²) in [5.41, 5.74) is 3.18. The maximum Gasteiger partial charge on any atom is 0.256 e. The molecule has 3 N–H and O–H groups in total. The van der Waals surface area contributed by atoms with Crippen LogP contribution >= 0.6 is 23.2 Å². The van der Waals surface area contributed by atoms with Crippen molar-refractivity contribution in [1.29, 1.82) is 5.41 Å². The smallest absolute Gasteiger partial charge is 0.256 e. The van der Waals surface area contributed by atoms with Crippen molar-refractivity contribution in [1.82, 2.24) is 14.9 Å². The van der Waals surface area contributed by atoms with E-state index in [1.807, 2.05) is 0 Å². The van der Waals surface area contributed by atoms with Gasteiger partial charge < -0.3 is 20.4 Å². The number of halogens is 2. The van der Waals surface area contributed by atoms with E-state index in [2.05, 4.69) is 10.0 Å². The van der Waals surface area contributed by atoms with E-state index in [0.717, 1.165) is 5.57 Å². The molecule has 1 aliphatic heterocycles. The van der Waals surface area contributed by atoms with Gasteiger partial charge in [0.25, 0.3) is 5.91 Å². The number of nitrogens with zero attached hydrogens (tertiary/aromatic N) is 1. The molecule has 1 atom stereocenters. The highest BCUT2D eigenvalue weighted by molar-refractivity contribution is 7.88. The Kier molecular flexibility index (Phi) is 8.48. The lowest BCUT2D eigenvalue weighted by Crippen LogP contribution is -2.48. The van der Waals surface area contributed by atoms with Crippen LogP contribution in [0, 0.1) is 5.41 Å². The van der Waals surface area contributed by atoms with Gasteiger partial charge in [-0.2, -0.15) is 0 Å². The number of nitrogens with one attached hydrogen (secondary N) is 3. The Balaban J connectivity index is 1.95. The van der Waals surface area contributed by atoms with Crippen LogP contribution in [0.3, 0.4) is 0 Å². The van der Waals surface area contributed by atoms with E-state index < -0.39 is 16.1 Å². The van der Waals surface area contributed by atoms with Gasteiger partial charge in [0, 0.05) is 29.9 Å². The average molecular weight is 539 g/mol. The second kappa shape index (κ2) is 11.0. The van der Waals surface area contributed by atoms with E-state index in [0.29, 0.717) is 46.1 Å². The third-order valence-corrected chi connectivity index (χ3v) is 7.90. The maximum absolute atomic E-state index is 13.3. The number of piperidine rings is 1.